The van der Waals surface area contributed by atoms with Crippen molar-refractivity contribution in [1.82, 2.24) is 0 Å². The third kappa shape index (κ3) is 26.5. The second-order valence-corrected chi connectivity index (χ2v) is 18.1. The number of carbonyl (C=O) groups excluding carboxylic acids is 2. The quantitative estimate of drug-likeness (QED) is 0.0143. The smallest absolute Gasteiger partial charge is 0.306 e. The van der Waals surface area contributed by atoms with Gasteiger partial charge in [-0.2, -0.15) is 0 Å². The topological polar surface area (TPSA) is 231 Å². The molecule has 2 rings (SSSR count). The van der Waals surface area contributed by atoms with Crippen molar-refractivity contribution in [3.05, 3.63) is 37.0 Å². The van der Waals surface area contributed by atoms with E-state index in [9.17, 15) is 45.3 Å². The summed E-state index contributed by atoms with van der Waals surface area (Å²) in [5.41, 5.74) is 0. The predicted molar refractivity (Wildman–Crippen MR) is 252 cm³/mol. The van der Waals surface area contributed by atoms with Crippen LogP contribution < -0.4 is 0 Å². The summed E-state index contributed by atoms with van der Waals surface area (Å²) in [4.78, 5) is 25.7. The predicted octanol–water partition coefficient (Wildman–Crippen LogP) is 6.93. The van der Waals surface area contributed by atoms with Gasteiger partial charge < -0.3 is 64.2 Å². The van der Waals surface area contributed by atoms with Crippen LogP contribution in [0.1, 0.15) is 180 Å². The number of carbonyl (C=O) groups is 2. The van der Waals surface area contributed by atoms with E-state index in [0.717, 1.165) is 64.2 Å². The second-order valence-electron chi connectivity index (χ2n) is 18.1. The number of ether oxygens (including phenoxy) is 6. The summed E-state index contributed by atoms with van der Waals surface area (Å²) < 4.78 is 33.5. The maximum Gasteiger partial charge on any atom is 0.306 e. The van der Waals surface area contributed by atoms with Crippen LogP contribution in [0.2, 0.25) is 0 Å². The van der Waals surface area contributed by atoms with Gasteiger partial charge in [-0.3, -0.25) is 9.59 Å². The van der Waals surface area contributed by atoms with Crippen LogP contribution in [0, 0.1) is 0 Å². The summed E-state index contributed by atoms with van der Waals surface area (Å²) in [7, 11) is 0. The molecule has 2 fully saturated rings. The lowest BCUT2D eigenvalue weighted by Gasteiger charge is -2.42. The monoisotopic (exact) mass is 943 g/mol. The summed E-state index contributed by atoms with van der Waals surface area (Å²) in [6.07, 6.45) is 22.0. The lowest BCUT2D eigenvalue weighted by Crippen LogP contribution is -2.61. The molecule has 0 amide bonds. The Hall–Kier alpha value is -2.28. The van der Waals surface area contributed by atoms with Crippen LogP contribution in [0.4, 0.5) is 0 Å². The van der Waals surface area contributed by atoms with E-state index in [1.807, 2.05) is 6.08 Å². The molecule has 0 aromatic carbocycles. The summed E-state index contributed by atoms with van der Waals surface area (Å²) in [5, 5.41) is 72.0. The maximum absolute atomic E-state index is 13.0. The summed E-state index contributed by atoms with van der Waals surface area (Å²) in [5.74, 6) is -0.943. The van der Waals surface area contributed by atoms with Crippen LogP contribution in [0.3, 0.4) is 0 Å². The van der Waals surface area contributed by atoms with Crippen LogP contribution in [0.25, 0.3) is 0 Å². The van der Waals surface area contributed by atoms with Gasteiger partial charge in [0.05, 0.1) is 19.8 Å². The molecular formula is C51H90O15. The van der Waals surface area contributed by atoms with Gasteiger partial charge in [-0.15, -0.1) is 6.58 Å². The highest BCUT2D eigenvalue weighted by Crippen LogP contribution is 2.26. The number of hydrogen-bond donors (Lipinski definition) is 7. The molecule has 4 unspecified atom stereocenters. The minimum Gasteiger partial charge on any atom is -0.462 e. The lowest BCUT2D eigenvalue weighted by atomic mass is 9.98. The largest absolute Gasteiger partial charge is 0.462 e. The highest BCUT2D eigenvalue weighted by Gasteiger charge is 2.47. The highest BCUT2D eigenvalue weighted by molar-refractivity contribution is 5.70. The fraction of sp³-hybridized carbons (Fsp3) is 0.843. The van der Waals surface area contributed by atoms with E-state index < -0.39 is 92.7 Å². The molecule has 2 heterocycles. The third-order valence-electron chi connectivity index (χ3n) is 12.3. The molecule has 15 heteroatoms. The minimum atomic E-state index is -1.77. The molecule has 0 aromatic heterocycles. The van der Waals surface area contributed by atoms with E-state index in [0.29, 0.717) is 12.8 Å². The molecule has 11 atom stereocenters. The Bertz CT molecular complexity index is 1280. The zero-order valence-corrected chi connectivity index (χ0v) is 40.3. The molecule has 2 aliphatic heterocycles. The molecule has 15 nitrogen and oxygen atoms in total. The minimum absolute atomic E-state index is 0.147. The van der Waals surface area contributed by atoms with Crippen molar-refractivity contribution in [2.75, 3.05) is 26.4 Å². The van der Waals surface area contributed by atoms with Crippen LogP contribution in [0.15, 0.2) is 37.0 Å². The molecule has 0 radical (unpaired) electrons. The maximum atomic E-state index is 13.0. The van der Waals surface area contributed by atoms with Crippen LogP contribution in [-0.4, -0.2) is 142 Å². The van der Waals surface area contributed by atoms with Gasteiger partial charge in [-0.25, -0.2) is 0 Å². The summed E-state index contributed by atoms with van der Waals surface area (Å²) in [6, 6.07) is 0. The first-order valence-electron chi connectivity index (χ1n) is 25.5. The van der Waals surface area contributed by atoms with Crippen molar-refractivity contribution >= 4 is 11.9 Å². The molecule has 0 spiro atoms. The fourth-order valence-electron chi connectivity index (χ4n) is 8.01. The Morgan fingerprint density at radius 1 is 0.530 bits per heavy atom. The zero-order valence-electron chi connectivity index (χ0n) is 40.3. The molecule has 66 heavy (non-hydrogen) atoms. The Kier molecular flexibility index (Phi) is 35.0. The van der Waals surface area contributed by atoms with Gasteiger partial charge in [-0.05, 0) is 51.4 Å². The van der Waals surface area contributed by atoms with Crippen LogP contribution in [0.5, 0.6) is 0 Å². The van der Waals surface area contributed by atoms with Crippen molar-refractivity contribution in [2.45, 2.75) is 248 Å². The first-order valence-corrected chi connectivity index (χ1v) is 25.5. The first-order chi connectivity index (χ1) is 32.0. The zero-order chi connectivity index (χ0) is 48.2. The average Bonchev–Trinajstić information content (AvgIpc) is 3.31. The van der Waals surface area contributed by atoms with Crippen molar-refractivity contribution < 1.29 is 73.8 Å². The molecule has 384 valence electrons. The number of aliphatic hydroxyl groups is 7. The van der Waals surface area contributed by atoms with Gasteiger partial charge in [0.2, 0.25) is 0 Å². The number of unbranched alkanes of at least 4 members (excludes halogenated alkanes) is 22. The van der Waals surface area contributed by atoms with Crippen molar-refractivity contribution in [2.24, 2.45) is 0 Å². The fourth-order valence-corrected chi connectivity index (χ4v) is 8.01. The Morgan fingerprint density at radius 3 is 1.48 bits per heavy atom. The van der Waals surface area contributed by atoms with E-state index in [4.69, 9.17) is 28.4 Å². The molecule has 0 aliphatic carbocycles. The number of aliphatic hydroxyl groups excluding tert-OH is 7. The molecule has 2 aliphatic rings. The van der Waals surface area contributed by atoms with Gasteiger partial charge in [-0.1, -0.05) is 146 Å². The molecule has 0 bridgehead atoms. The lowest BCUT2D eigenvalue weighted by molar-refractivity contribution is -0.332. The van der Waals surface area contributed by atoms with Crippen molar-refractivity contribution in [3.8, 4) is 0 Å². The van der Waals surface area contributed by atoms with Gasteiger partial charge in [0.1, 0.15) is 55.4 Å². The van der Waals surface area contributed by atoms with Crippen LogP contribution >= 0.6 is 0 Å². The van der Waals surface area contributed by atoms with Crippen LogP contribution in [-0.2, 0) is 38.0 Å². The molecule has 0 saturated carbocycles. The summed E-state index contributed by atoms with van der Waals surface area (Å²) in [6.45, 7) is 4.09. The SMILES string of the molecule is C=CCCCCCCCCCCCCCCCC(=O)OC[C@H](CO[C@@H]1O[C@H](CO[C@@H]2O[C@H](CO)[C@H](O)C(O)C2O)[C@H](O)C(O)C1O)OC(=O)CCCCCCC/C=C/C=C/CCCCCC. The van der Waals surface area contributed by atoms with E-state index in [2.05, 4.69) is 37.8 Å². The number of hydrogen-bond acceptors (Lipinski definition) is 15. The van der Waals surface area contributed by atoms with Crippen molar-refractivity contribution in [3.63, 3.8) is 0 Å². The number of rotatable bonds is 40. The molecule has 0 aromatic rings. The third-order valence-corrected chi connectivity index (χ3v) is 12.3. The molecule has 7 N–H and O–H groups in total. The average molecular weight is 943 g/mol. The van der Waals surface area contributed by atoms with E-state index in [1.165, 1.54) is 83.5 Å². The van der Waals surface area contributed by atoms with Gasteiger partial charge >= 0.3 is 11.9 Å². The van der Waals surface area contributed by atoms with Gasteiger partial charge in [0.15, 0.2) is 18.7 Å². The number of allylic oxidation sites excluding steroid dienone is 5. The van der Waals surface area contributed by atoms with Gasteiger partial charge in [0.25, 0.3) is 0 Å². The first kappa shape index (κ1) is 59.8. The Balaban J connectivity index is 1.82. The van der Waals surface area contributed by atoms with E-state index >= 15 is 0 Å². The van der Waals surface area contributed by atoms with E-state index in [-0.39, 0.29) is 26.1 Å². The molecular weight excluding hydrogens is 853 g/mol. The number of esters is 2. The van der Waals surface area contributed by atoms with E-state index in [1.54, 1.807) is 0 Å². The molecule has 2 saturated heterocycles. The normalized spacial score (nSPS) is 26.2. The summed E-state index contributed by atoms with van der Waals surface area (Å²) >= 11 is 0. The Morgan fingerprint density at radius 2 is 0.970 bits per heavy atom. The van der Waals surface area contributed by atoms with Crippen molar-refractivity contribution in [1.29, 1.82) is 0 Å². The highest BCUT2D eigenvalue weighted by atomic mass is 16.7. The second kappa shape index (κ2) is 38.6. The van der Waals surface area contributed by atoms with Gasteiger partial charge in [0, 0.05) is 12.8 Å². The Labute approximate surface area is 395 Å². The standard InChI is InChI=1S/C51H90O15/c1-3-5-7-9-11-13-15-17-19-21-23-25-27-29-31-33-42(53)61-36-39(64-43(54)34-32-30-28-26-24-22-20-18-16-14-12-10-8-6-4-2)37-62-50-49(60)47(58)45(56)41(66-50)38-63-51-48(59)46(57)44(55)40(35-52)65-51/h3,14,16,18,20,39-41,44-52,55-60H,1,4-13,15,17,19,21-38H2,2H3/b16-14+,20-18+/t39-,40-,41-,44+,45+,46?,47?,48?,49?,50-,51-/m1/s1.